The van der Waals surface area contributed by atoms with Gasteiger partial charge in [0.2, 0.25) is 0 Å². The summed E-state index contributed by atoms with van der Waals surface area (Å²) >= 11 is 0. The standard InChI is InChI=1S/C16H16N2O2/c1-11(8-16(19)20)10-18-15-7-6-12(9-17)13-4-2-3-5-14(13)15/h2-7,11,18H,8,10H2,1H3,(H,19,20). The number of carbonyl (C=O) groups is 1. The Bertz CT molecular complexity index is 674. The van der Waals surface area contributed by atoms with Crippen LogP contribution in [0.1, 0.15) is 18.9 Å². The summed E-state index contributed by atoms with van der Waals surface area (Å²) in [4.78, 5) is 10.7. The van der Waals surface area contributed by atoms with E-state index in [1.807, 2.05) is 37.3 Å². The lowest BCUT2D eigenvalue weighted by atomic mass is 10.0. The van der Waals surface area contributed by atoms with Crippen molar-refractivity contribution in [2.24, 2.45) is 5.92 Å². The molecule has 1 atom stereocenters. The Labute approximate surface area is 117 Å². The van der Waals surface area contributed by atoms with E-state index in [0.29, 0.717) is 12.1 Å². The van der Waals surface area contributed by atoms with E-state index in [9.17, 15) is 4.79 Å². The number of benzene rings is 2. The highest BCUT2D eigenvalue weighted by atomic mass is 16.4. The van der Waals surface area contributed by atoms with Gasteiger partial charge in [-0.15, -0.1) is 0 Å². The van der Waals surface area contributed by atoms with Gasteiger partial charge in [-0.2, -0.15) is 5.26 Å². The number of nitrogens with one attached hydrogen (secondary N) is 1. The number of hydrogen-bond acceptors (Lipinski definition) is 3. The molecule has 0 amide bonds. The Kier molecular flexibility index (Phi) is 4.21. The molecule has 0 aliphatic heterocycles. The highest BCUT2D eigenvalue weighted by Gasteiger charge is 2.09. The topological polar surface area (TPSA) is 73.1 Å². The van der Waals surface area contributed by atoms with Crippen LogP contribution in [0, 0.1) is 17.2 Å². The summed E-state index contributed by atoms with van der Waals surface area (Å²) < 4.78 is 0. The highest BCUT2D eigenvalue weighted by molar-refractivity contribution is 5.97. The maximum absolute atomic E-state index is 10.7. The van der Waals surface area contributed by atoms with Crippen molar-refractivity contribution >= 4 is 22.4 Å². The molecular formula is C16H16N2O2. The van der Waals surface area contributed by atoms with Gasteiger partial charge in [0, 0.05) is 29.4 Å². The third-order valence-electron chi connectivity index (χ3n) is 3.21. The minimum atomic E-state index is -0.788. The molecule has 0 saturated carbocycles. The predicted molar refractivity (Wildman–Crippen MR) is 78.6 cm³/mol. The maximum atomic E-state index is 10.7. The molecule has 0 radical (unpaired) electrons. The summed E-state index contributed by atoms with van der Waals surface area (Å²) in [5.74, 6) is -0.745. The quantitative estimate of drug-likeness (QED) is 0.873. The van der Waals surface area contributed by atoms with Crippen LogP contribution in [0.5, 0.6) is 0 Å². The molecule has 0 aromatic heterocycles. The van der Waals surface area contributed by atoms with E-state index < -0.39 is 5.97 Å². The number of nitriles is 1. The normalized spacial score (nSPS) is 11.8. The molecule has 2 aromatic carbocycles. The molecule has 0 spiro atoms. The number of aliphatic carboxylic acids is 1. The third-order valence-corrected chi connectivity index (χ3v) is 3.21. The molecule has 20 heavy (non-hydrogen) atoms. The molecule has 4 nitrogen and oxygen atoms in total. The highest BCUT2D eigenvalue weighted by Crippen LogP contribution is 2.26. The molecule has 0 saturated heterocycles. The van der Waals surface area contributed by atoms with Gasteiger partial charge >= 0.3 is 5.97 Å². The molecule has 1 unspecified atom stereocenters. The van der Waals surface area contributed by atoms with Gasteiger partial charge < -0.3 is 10.4 Å². The van der Waals surface area contributed by atoms with Gasteiger partial charge in [-0.05, 0) is 18.1 Å². The maximum Gasteiger partial charge on any atom is 0.303 e. The van der Waals surface area contributed by atoms with Gasteiger partial charge in [-0.1, -0.05) is 31.2 Å². The van der Waals surface area contributed by atoms with Crippen LogP contribution in [0.4, 0.5) is 5.69 Å². The summed E-state index contributed by atoms with van der Waals surface area (Å²) in [5, 5.41) is 23.0. The lowest BCUT2D eigenvalue weighted by molar-refractivity contribution is -0.137. The van der Waals surface area contributed by atoms with Crippen LogP contribution in [0.2, 0.25) is 0 Å². The van der Waals surface area contributed by atoms with Crippen LogP contribution in [0.3, 0.4) is 0 Å². The first kappa shape index (κ1) is 13.9. The van der Waals surface area contributed by atoms with Crippen LogP contribution < -0.4 is 5.32 Å². The van der Waals surface area contributed by atoms with Crippen molar-refractivity contribution in [1.82, 2.24) is 0 Å². The molecule has 2 rings (SSSR count). The Morgan fingerprint density at radius 1 is 1.30 bits per heavy atom. The van der Waals surface area contributed by atoms with Gasteiger partial charge in [0.25, 0.3) is 0 Å². The second-order valence-electron chi connectivity index (χ2n) is 4.90. The van der Waals surface area contributed by atoms with Gasteiger partial charge in [-0.3, -0.25) is 4.79 Å². The molecule has 0 bridgehead atoms. The number of hydrogen-bond donors (Lipinski definition) is 2. The first-order chi connectivity index (χ1) is 9.61. The van der Waals surface area contributed by atoms with Gasteiger partial charge in [0.05, 0.1) is 11.6 Å². The van der Waals surface area contributed by atoms with Crippen LogP contribution >= 0.6 is 0 Å². The van der Waals surface area contributed by atoms with Gasteiger partial charge in [0.15, 0.2) is 0 Å². The van der Waals surface area contributed by atoms with Crippen molar-refractivity contribution in [2.75, 3.05) is 11.9 Å². The molecule has 2 N–H and O–H groups in total. The number of rotatable bonds is 5. The van der Waals surface area contributed by atoms with Crippen LogP contribution in [-0.4, -0.2) is 17.6 Å². The van der Waals surface area contributed by atoms with Crippen molar-refractivity contribution in [3.05, 3.63) is 42.0 Å². The van der Waals surface area contributed by atoms with E-state index in [2.05, 4.69) is 11.4 Å². The number of anilines is 1. The molecule has 4 heteroatoms. The Morgan fingerprint density at radius 3 is 2.65 bits per heavy atom. The minimum Gasteiger partial charge on any atom is -0.481 e. The monoisotopic (exact) mass is 268 g/mol. The van der Waals surface area contributed by atoms with E-state index in [0.717, 1.165) is 16.5 Å². The lowest BCUT2D eigenvalue weighted by Crippen LogP contribution is -2.15. The van der Waals surface area contributed by atoms with Crippen LogP contribution in [0.15, 0.2) is 36.4 Å². The molecule has 2 aromatic rings. The molecular weight excluding hydrogens is 252 g/mol. The minimum absolute atomic E-state index is 0.0434. The van der Waals surface area contributed by atoms with Crippen molar-refractivity contribution in [1.29, 1.82) is 5.26 Å². The Balaban J connectivity index is 2.23. The van der Waals surface area contributed by atoms with Gasteiger partial charge in [0.1, 0.15) is 0 Å². The van der Waals surface area contributed by atoms with Crippen molar-refractivity contribution in [3.63, 3.8) is 0 Å². The second kappa shape index (κ2) is 6.07. The summed E-state index contributed by atoms with van der Waals surface area (Å²) in [7, 11) is 0. The second-order valence-corrected chi connectivity index (χ2v) is 4.90. The summed E-state index contributed by atoms with van der Waals surface area (Å²) in [6.07, 6.45) is 0.140. The molecule has 0 aliphatic rings. The third kappa shape index (κ3) is 3.07. The number of nitrogens with zero attached hydrogens (tertiary/aromatic N) is 1. The van der Waals surface area contributed by atoms with E-state index in [1.54, 1.807) is 6.07 Å². The average Bonchev–Trinajstić information content (AvgIpc) is 2.44. The molecule has 0 aliphatic carbocycles. The number of carboxylic acids is 1. The molecule has 102 valence electrons. The predicted octanol–water partition coefficient (Wildman–Crippen LogP) is 3.23. The van der Waals surface area contributed by atoms with Gasteiger partial charge in [-0.25, -0.2) is 0 Å². The lowest BCUT2D eigenvalue weighted by Gasteiger charge is -2.14. The fourth-order valence-corrected chi connectivity index (χ4v) is 2.21. The molecule has 0 heterocycles. The zero-order chi connectivity index (χ0) is 14.5. The van der Waals surface area contributed by atoms with Crippen molar-refractivity contribution < 1.29 is 9.90 Å². The largest absolute Gasteiger partial charge is 0.481 e. The summed E-state index contributed by atoms with van der Waals surface area (Å²) in [6.45, 7) is 2.48. The van der Waals surface area contributed by atoms with E-state index in [1.165, 1.54) is 0 Å². The van der Waals surface area contributed by atoms with Crippen molar-refractivity contribution in [3.8, 4) is 6.07 Å². The number of carboxylic acid groups (broad SMARTS) is 1. The molecule has 0 fully saturated rings. The first-order valence-corrected chi connectivity index (χ1v) is 6.49. The zero-order valence-corrected chi connectivity index (χ0v) is 11.3. The fraction of sp³-hybridized carbons (Fsp3) is 0.250. The SMILES string of the molecule is CC(CNc1ccc(C#N)c2ccccc12)CC(=O)O. The van der Waals surface area contributed by atoms with E-state index in [-0.39, 0.29) is 12.3 Å². The number of fused-ring (bicyclic) bond motifs is 1. The Hall–Kier alpha value is -2.54. The summed E-state index contributed by atoms with van der Waals surface area (Å²) in [5.41, 5.74) is 1.57. The van der Waals surface area contributed by atoms with E-state index in [4.69, 9.17) is 10.4 Å². The van der Waals surface area contributed by atoms with Crippen molar-refractivity contribution in [2.45, 2.75) is 13.3 Å². The fourth-order valence-electron chi connectivity index (χ4n) is 2.21. The van der Waals surface area contributed by atoms with Crippen LogP contribution in [-0.2, 0) is 4.79 Å². The summed E-state index contributed by atoms with van der Waals surface area (Å²) in [6, 6.07) is 13.5. The smallest absolute Gasteiger partial charge is 0.303 e. The van der Waals surface area contributed by atoms with Crippen LogP contribution in [0.25, 0.3) is 10.8 Å². The zero-order valence-electron chi connectivity index (χ0n) is 11.3. The average molecular weight is 268 g/mol. The van der Waals surface area contributed by atoms with E-state index >= 15 is 0 Å². The first-order valence-electron chi connectivity index (χ1n) is 6.49. The Morgan fingerprint density at radius 2 is 2.00 bits per heavy atom.